The lowest BCUT2D eigenvalue weighted by molar-refractivity contribution is -0.115. The molecule has 3 rings (SSSR count). The smallest absolute Gasteiger partial charge is 0.158 e. The summed E-state index contributed by atoms with van der Waals surface area (Å²) < 4.78 is 0. The van der Waals surface area contributed by atoms with E-state index in [4.69, 9.17) is 0 Å². The van der Waals surface area contributed by atoms with E-state index in [0.717, 1.165) is 19.5 Å². The van der Waals surface area contributed by atoms with Crippen molar-refractivity contribution in [2.45, 2.75) is 19.8 Å². The molecule has 0 fully saturated rings. The van der Waals surface area contributed by atoms with Gasteiger partial charge in [0.15, 0.2) is 5.78 Å². The van der Waals surface area contributed by atoms with E-state index in [-0.39, 0.29) is 5.78 Å². The third-order valence-electron chi connectivity index (χ3n) is 3.79. The van der Waals surface area contributed by atoms with E-state index in [9.17, 15) is 4.79 Å². The van der Waals surface area contributed by atoms with Gasteiger partial charge in [-0.2, -0.15) is 0 Å². The van der Waals surface area contributed by atoms with Crippen LogP contribution in [0, 0.1) is 6.92 Å². The van der Waals surface area contributed by atoms with Crippen LogP contribution in [-0.2, 0) is 11.2 Å². The Balaban J connectivity index is 1.77. The molecule has 1 N–H and O–H groups in total. The number of aryl methyl sites for hydroxylation is 1. The summed E-state index contributed by atoms with van der Waals surface area (Å²) in [5.74, 6) is 0.236. The predicted molar refractivity (Wildman–Crippen MR) is 77.1 cm³/mol. The highest BCUT2D eigenvalue weighted by atomic mass is 16.1. The van der Waals surface area contributed by atoms with Crippen molar-refractivity contribution in [1.29, 1.82) is 0 Å². The number of carbonyl (C=O) groups is 1. The number of carbonyl (C=O) groups excluding carboxylic acids is 1. The van der Waals surface area contributed by atoms with Crippen molar-refractivity contribution in [3.8, 4) is 0 Å². The van der Waals surface area contributed by atoms with Gasteiger partial charge in [-0.3, -0.25) is 4.79 Å². The van der Waals surface area contributed by atoms with Crippen LogP contribution in [0.5, 0.6) is 0 Å². The summed E-state index contributed by atoms with van der Waals surface area (Å²) in [6, 6.07) is 8.43. The molecule has 0 bridgehead atoms. The highest BCUT2D eigenvalue weighted by Gasteiger charge is 2.12. The summed E-state index contributed by atoms with van der Waals surface area (Å²) in [4.78, 5) is 16.8. The number of allylic oxidation sites excluding steroid dienone is 1. The van der Waals surface area contributed by atoms with Gasteiger partial charge in [-0.05, 0) is 31.1 Å². The molecular formula is C16H18N2O. The molecule has 1 aliphatic heterocycles. The number of aromatic nitrogens is 1. The summed E-state index contributed by atoms with van der Waals surface area (Å²) >= 11 is 0. The molecule has 1 aromatic heterocycles. The zero-order valence-electron chi connectivity index (χ0n) is 11.1. The molecule has 1 aliphatic rings. The fourth-order valence-electron chi connectivity index (χ4n) is 2.70. The molecule has 2 aromatic rings. The fraction of sp³-hybridized carbons (Fsp3) is 0.312. The first-order valence-corrected chi connectivity index (χ1v) is 6.75. The van der Waals surface area contributed by atoms with E-state index in [2.05, 4.69) is 41.1 Å². The number of H-pyrrole nitrogens is 1. The van der Waals surface area contributed by atoms with E-state index in [1.165, 1.54) is 22.2 Å². The third kappa shape index (κ3) is 2.41. The molecule has 0 amide bonds. The molecule has 0 spiro atoms. The molecule has 0 saturated carbocycles. The van der Waals surface area contributed by atoms with Crippen LogP contribution in [0.3, 0.4) is 0 Å². The van der Waals surface area contributed by atoms with Gasteiger partial charge in [-0.25, -0.2) is 0 Å². The van der Waals surface area contributed by atoms with Gasteiger partial charge in [-0.15, -0.1) is 0 Å². The normalized spacial score (nSPS) is 15.4. The topological polar surface area (TPSA) is 36.1 Å². The number of hydrogen-bond acceptors (Lipinski definition) is 2. The Hall–Kier alpha value is -2.03. The molecule has 1 aromatic carbocycles. The summed E-state index contributed by atoms with van der Waals surface area (Å²) in [7, 11) is 0. The first-order valence-electron chi connectivity index (χ1n) is 6.75. The van der Waals surface area contributed by atoms with Crippen LogP contribution in [0.25, 0.3) is 10.9 Å². The first kappa shape index (κ1) is 12.0. The fourth-order valence-corrected chi connectivity index (χ4v) is 2.70. The second kappa shape index (κ2) is 4.92. The van der Waals surface area contributed by atoms with Crippen molar-refractivity contribution in [3.63, 3.8) is 0 Å². The SMILES string of the molecule is Cc1[nH]c2ccccc2c1CCN1C=CC(=O)CC1. The zero-order valence-corrected chi connectivity index (χ0v) is 11.1. The standard InChI is InChI=1S/C16H18N2O/c1-12-14(15-4-2-3-5-16(15)17-12)8-11-18-9-6-13(19)7-10-18/h2-6,9,17H,7-8,10-11H2,1H3. The molecule has 0 aliphatic carbocycles. The minimum atomic E-state index is 0.236. The van der Waals surface area contributed by atoms with Crippen molar-refractivity contribution in [2.75, 3.05) is 13.1 Å². The molecule has 19 heavy (non-hydrogen) atoms. The number of para-hydroxylation sites is 1. The molecule has 0 radical (unpaired) electrons. The molecule has 0 unspecified atom stereocenters. The Bertz CT molecular complexity index is 639. The Morgan fingerprint density at radius 1 is 1.32 bits per heavy atom. The maximum atomic E-state index is 11.2. The number of nitrogens with zero attached hydrogens (tertiary/aromatic N) is 1. The van der Waals surface area contributed by atoms with E-state index in [0.29, 0.717) is 6.42 Å². The Labute approximate surface area is 112 Å². The number of ketones is 1. The van der Waals surface area contributed by atoms with E-state index in [1.54, 1.807) is 6.08 Å². The van der Waals surface area contributed by atoms with Gasteiger partial charge in [0.05, 0.1) is 0 Å². The van der Waals surface area contributed by atoms with E-state index in [1.807, 2.05) is 6.20 Å². The van der Waals surface area contributed by atoms with Crippen molar-refractivity contribution in [3.05, 3.63) is 47.8 Å². The third-order valence-corrected chi connectivity index (χ3v) is 3.79. The lowest BCUT2D eigenvalue weighted by Gasteiger charge is -2.22. The van der Waals surface area contributed by atoms with Crippen molar-refractivity contribution >= 4 is 16.7 Å². The van der Waals surface area contributed by atoms with Gasteiger partial charge in [0.25, 0.3) is 0 Å². The zero-order chi connectivity index (χ0) is 13.2. The lowest BCUT2D eigenvalue weighted by atomic mass is 10.1. The molecule has 3 nitrogen and oxygen atoms in total. The number of rotatable bonds is 3. The quantitative estimate of drug-likeness (QED) is 0.914. The number of aromatic amines is 1. The van der Waals surface area contributed by atoms with Gasteiger partial charge in [0.1, 0.15) is 0 Å². The summed E-state index contributed by atoms with van der Waals surface area (Å²) in [5, 5.41) is 1.32. The van der Waals surface area contributed by atoms with Crippen LogP contribution < -0.4 is 0 Å². The van der Waals surface area contributed by atoms with Gasteiger partial charge >= 0.3 is 0 Å². The first-order chi connectivity index (χ1) is 9.24. The maximum Gasteiger partial charge on any atom is 0.158 e. The van der Waals surface area contributed by atoms with Crippen LogP contribution in [0.1, 0.15) is 17.7 Å². The molecular weight excluding hydrogens is 236 g/mol. The van der Waals surface area contributed by atoms with Crippen molar-refractivity contribution < 1.29 is 4.79 Å². The van der Waals surface area contributed by atoms with E-state index < -0.39 is 0 Å². The Morgan fingerprint density at radius 2 is 2.16 bits per heavy atom. The largest absolute Gasteiger partial charge is 0.376 e. The average molecular weight is 254 g/mol. The van der Waals surface area contributed by atoms with Crippen LogP contribution in [0.4, 0.5) is 0 Å². The molecule has 2 heterocycles. The minimum Gasteiger partial charge on any atom is -0.376 e. The highest BCUT2D eigenvalue weighted by molar-refractivity contribution is 5.90. The minimum absolute atomic E-state index is 0.236. The highest BCUT2D eigenvalue weighted by Crippen LogP contribution is 2.22. The molecule has 0 atom stereocenters. The molecule has 98 valence electrons. The second-order valence-corrected chi connectivity index (χ2v) is 5.09. The molecule has 3 heteroatoms. The number of benzene rings is 1. The summed E-state index contributed by atoms with van der Waals surface area (Å²) in [6.45, 7) is 3.94. The van der Waals surface area contributed by atoms with Crippen LogP contribution in [0.2, 0.25) is 0 Å². The van der Waals surface area contributed by atoms with Crippen molar-refractivity contribution in [2.24, 2.45) is 0 Å². The van der Waals surface area contributed by atoms with Crippen LogP contribution in [-0.4, -0.2) is 28.8 Å². The second-order valence-electron chi connectivity index (χ2n) is 5.09. The van der Waals surface area contributed by atoms with Gasteiger partial charge in [-0.1, -0.05) is 18.2 Å². The lowest BCUT2D eigenvalue weighted by Crippen LogP contribution is -2.26. The monoisotopic (exact) mass is 254 g/mol. The van der Waals surface area contributed by atoms with E-state index >= 15 is 0 Å². The predicted octanol–water partition coefficient (Wildman–Crippen LogP) is 2.81. The number of nitrogens with one attached hydrogen (secondary N) is 1. The van der Waals surface area contributed by atoms with Crippen molar-refractivity contribution in [1.82, 2.24) is 9.88 Å². The Morgan fingerprint density at radius 3 is 2.95 bits per heavy atom. The maximum absolute atomic E-state index is 11.2. The Kier molecular flexibility index (Phi) is 3.11. The van der Waals surface area contributed by atoms with Gasteiger partial charge < -0.3 is 9.88 Å². The van der Waals surface area contributed by atoms with Gasteiger partial charge in [0, 0.05) is 42.3 Å². The summed E-state index contributed by atoms with van der Waals surface area (Å²) in [5.41, 5.74) is 3.85. The number of hydrogen-bond donors (Lipinski definition) is 1. The average Bonchev–Trinajstić information content (AvgIpc) is 2.74. The number of fused-ring (bicyclic) bond motifs is 1. The van der Waals surface area contributed by atoms with Crippen LogP contribution >= 0.6 is 0 Å². The van der Waals surface area contributed by atoms with Crippen LogP contribution in [0.15, 0.2) is 36.5 Å². The molecule has 0 saturated heterocycles. The van der Waals surface area contributed by atoms with Gasteiger partial charge in [0.2, 0.25) is 0 Å². The summed E-state index contributed by atoms with van der Waals surface area (Å²) in [6.07, 6.45) is 5.26.